The number of fused-ring (bicyclic) bond motifs is 1. The van der Waals surface area contributed by atoms with Crippen LogP contribution < -0.4 is 9.64 Å². The number of carbonyl (C=O) groups is 1. The van der Waals surface area contributed by atoms with Gasteiger partial charge in [-0.25, -0.2) is 4.98 Å². The first-order valence-electron chi connectivity index (χ1n) is 8.10. The molecule has 0 atom stereocenters. The van der Waals surface area contributed by atoms with E-state index in [-0.39, 0.29) is 17.5 Å². The molecule has 0 saturated carbocycles. The second kappa shape index (κ2) is 6.46. The van der Waals surface area contributed by atoms with Gasteiger partial charge in [0.15, 0.2) is 5.69 Å². The standard InChI is InChI=1S/C19H13F3N2O3/c20-19(21,22)13-7-5-12(6-8-13)17-23-14(11-27-17)18(25)24-9-10-26-16-4-2-1-3-15(16)24/h1-8,11H,9-10H2. The van der Waals surface area contributed by atoms with Gasteiger partial charge >= 0.3 is 6.18 Å². The quantitative estimate of drug-likeness (QED) is 0.667. The molecular formula is C19H13F3N2O3. The number of benzene rings is 2. The summed E-state index contributed by atoms with van der Waals surface area (Å²) >= 11 is 0. The number of aromatic nitrogens is 1. The molecule has 3 aromatic rings. The maximum absolute atomic E-state index is 12.8. The Balaban J connectivity index is 1.59. The average Bonchev–Trinajstić information content (AvgIpc) is 3.16. The van der Waals surface area contributed by atoms with Crippen LogP contribution in [-0.4, -0.2) is 24.0 Å². The number of ether oxygens (including phenoxy) is 1. The fraction of sp³-hybridized carbons (Fsp3) is 0.158. The fourth-order valence-corrected chi connectivity index (χ4v) is 2.83. The predicted molar refractivity (Wildman–Crippen MR) is 90.6 cm³/mol. The van der Waals surface area contributed by atoms with Gasteiger partial charge in [-0.3, -0.25) is 9.69 Å². The second-order valence-electron chi connectivity index (χ2n) is 5.89. The van der Waals surface area contributed by atoms with Gasteiger partial charge in [0, 0.05) is 5.56 Å². The molecule has 0 fully saturated rings. The predicted octanol–water partition coefficient (Wildman–Crippen LogP) is 4.40. The topological polar surface area (TPSA) is 55.6 Å². The lowest BCUT2D eigenvalue weighted by atomic mass is 10.1. The molecule has 0 aliphatic carbocycles. The molecule has 1 aliphatic rings. The van der Waals surface area contributed by atoms with Gasteiger partial charge in [-0.1, -0.05) is 12.1 Å². The van der Waals surface area contributed by atoms with E-state index in [1.807, 2.05) is 6.07 Å². The summed E-state index contributed by atoms with van der Waals surface area (Å²) in [5.74, 6) is 0.310. The number of hydrogen-bond acceptors (Lipinski definition) is 4. The minimum Gasteiger partial charge on any atom is -0.490 e. The van der Waals surface area contributed by atoms with E-state index in [2.05, 4.69) is 4.98 Å². The molecule has 2 heterocycles. The van der Waals surface area contributed by atoms with Crippen LogP contribution in [0.25, 0.3) is 11.5 Å². The van der Waals surface area contributed by atoms with Crippen molar-refractivity contribution in [3.8, 4) is 17.2 Å². The molecule has 27 heavy (non-hydrogen) atoms. The van der Waals surface area contributed by atoms with Crippen molar-refractivity contribution in [2.45, 2.75) is 6.18 Å². The first-order chi connectivity index (χ1) is 12.9. The zero-order valence-corrected chi connectivity index (χ0v) is 13.9. The van der Waals surface area contributed by atoms with Crippen LogP contribution in [0, 0.1) is 0 Å². The summed E-state index contributed by atoms with van der Waals surface area (Å²) < 4.78 is 48.8. The van der Waals surface area contributed by atoms with Gasteiger partial charge in [0.2, 0.25) is 5.89 Å². The zero-order chi connectivity index (χ0) is 19.0. The van der Waals surface area contributed by atoms with Crippen molar-refractivity contribution in [2.75, 3.05) is 18.1 Å². The number of nitrogens with zero attached hydrogens (tertiary/aromatic N) is 2. The number of anilines is 1. The third-order valence-electron chi connectivity index (χ3n) is 4.16. The van der Waals surface area contributed by atoms with Crippen molar-refractivity contribution >= 4 is 11.6 Å². The molecule has 0 bridgehead atoms. The summed E-state index contributed by atoms with van der Waals surface area (Å²) in [4.78, 5) is 18.5. The summed E-state index contributed by atoms with van der Waals surface area (Å²) in [5.41, 5.74) is 0.290. The lowest BCUT2D eigenvalue weighted by Crippen LogP contribution is -2.38. The maximum Gasteiger partial charge on any atom is 0.416 e. The number of carbonyl (C=O) groups excluding carboxylic acids is 1. The smallest absolute Gasteiger partial charge is 0.416 e. The third kappa shape index (κ3) is 3.25. The van der Waals surface area contributed by atoms with Gasteiger partial charge in [-0.2, -0.15) is 13.2 Å². The first-order valence-corrected chi connectivity index (χ1v) is 8.10. The van der Waals surface area contributed by atoms with E-state index in [0.717, 1.165) is 12.1 Å². The lowest BCUT2D eigenvalue weighted by Gasteiger charge is -2.28. The minimum absolute atomic E-state index is 0.0709. The number of oxazole rings is 1. The van der Waals surface area contributed by atoms with E-state index in [0.29, 0.717) is 30.2 Å². The third-order valence-corrected chi connectivity index (χ3v) is 4.16. The normalized spacial score (nSPS) is 13.8. The minimum atomic E-state index is -4.42. The summed E-state index contributed by atoms with van der Waals surface area (Å²) in [7, 11) is 0. The van der Waals surface area contributed by atoms with Gasteiger partial charge in [-0.05, 0) is 36.4 Å². The van der Waals surface area contributed by atoms with Crippen molar-refractivity contribution in [1.29, 1.82) is 0 Å². The second-order valence-corrected chi connectivity index (χ2v) is 5.89. The lowest BCUT2D eigenvalue weighted by molar-refractivity contribution is -0.137. The Kier molecular flexibility index (Phi) is 4.10. The Morgan fingerprint density at radius 3 is 2.56 bits per heavy atom. The molecular weight excluding hydrogens is 361 g/mol. The molecule has 1 aliphatic heterocycles. The van der Waals surface area contributed by atoms with Crippen LogP contribution in [0.2, 0.25) is 0 Å². The number of alkyl halides is 3. The van der Waals surface area contributed by atoms with Crippen LogP contribution in [0.15, 0.2) is 59.2 Å². The highest BCUT2D eigenvalue weighted by atomic mass is 19.4. The van der Waals surface area contributed by atoms with Gasteiger partial charge in [0.1, 0.15) is 18.6 Å². The van der Waals surface area contributed by atoms with Crippen molar-refractivity contribution < 1.29 is 27.1 Å². The number of halogens is 3. The summed E-state index contributed by atoms with van der Waals surface area (Å²) in [6.45, 7) is 0.713. The fourth-order valence-electron chi connectivity index (χ4n) is 2.83. The largest absolute Gasteiger partial charge is 0.490 e. The number of para-hydroxylation sites is 2. The Bertz CT molecular complexity index is 980. The van der Waals surface area contributed by atoms with Gasteiger partial charge in [-0.15, -0.1) is 0 Å². The highest BCUT2D eigenvalue weighted by molar-refractivity contribution is 6.05. The summed E-state index contributed by atoms with van der Waals surface area (Å²) in [6, 6.07) is 11.5. The van der Waals surface area contributed by atoms with Crippen LogP contribution in [0.5, 0.6) is 5.75 Å². The van der Waals surface area contributed by atoms with Crippen LogP contribution in [0.1, 0.15) is 16.1 Å². The van der Waals surface area contributed by atoms with Crippen LogP contribution in [0.4, 0.5) is 18.9 Å². The van der Waals surface area contributed by atoms with Crippen molar-refractivity contribution in [2.24, 2.45) is 0 Å². The Morgan fingerprint density at radius 1 is 1.07 bits per heavy atom. The van der Waals surface area contributed by atoms with E-state index in [1.165, 1.54) is 23.3 Å². The molecule has 138 valence electrons. The molecule has 8 heteroatoms. The first kappa shape index (κ1) is 17.1. The van der Waals surface area contributed by atoms with Crippen molar-refractivity contribution in [3.05, 3.63) is 66.1 Å². The number of rotatable bonds is 2. The highest BCUT2D eigenvalue weighted by Crippen LogP contribution is 2.33. The maximum atomic E-state index is 12.8. The highest BCUT2D eigenvalue weighted by Gasteiger charge is 2.30. The van der Waals surface area contributed by atoms with E-state index >= 15 is 0 Å². The van der Waals surface area contributed by atoms with E-state index < -0.39 is 11.7 Å². The van der Waals surface area contributed by atoms with Gasteiger partial charge in [0.25, 0.3) is 5.91 Å². The van der Waals surface area contributed by atoms with Crippen LogP contribution >= 0.6 is 0 Å². The van der Waals surface area contributed by atoms with Gasteiger partial charge in [0.05, 0.1) is 17.8 Å². The summed E-state index contributed by atoms with van der Waals surface area (Å²) in [5, 5.41) is 0. The Hall–Kier alpha value is -3.29. The zero-order valence-electron chi connectivity index (χ0n) is 13.9. The molecule has 0 saturated heterocycles. The molecule has 0 unspecified atom stereocenters. The average molecular weight is 374 g/mol. The number of amides is 1. The monoisotopic (exact) mass is 374 g/mol. The number of hydrogen-bond donors (Lipinski definition) is 0. The van der Waals surface area contributed by atoms with E-state index in [4.69, 9.17) is 9.15 Å². The van der Waals surface area contributed by atoms with Crippen molar-refractivity contribution in [1.82, 2.24) is 4.98 Å². The molecule has 5 nitrogen and oxygen atoms in total. The van der Waals surface area contributed by atoms with Crippen LogP contribution in [0.3, 0.4) is 0 Å². The molecule has 4 rings (SSSR count). The van der Waals surface area contributed by atoms with E-state index in [1.54, 1.807) is 18.2 Å². The van der Waals surface area contributed by atoms with Crippen molar-refractivity contribution in [3.63, 3.8) is 0 Å². The van der Waals surface area contributed by atoms with E-state index in [9.17, 15) is 18.0 Å². The Morgan fingerprint density at radius 2 is 1.81 bits per heavy atom. The van der Waals surface area contributed by atoms with Gasteiger partial charge < -0.3 is 9.15 Å². The molecule has 1 amide bonds. The molecule has 1 aromatic heterocycles. The van der Waals surface area contributed by atoms with Crippen LogP contribution in [-0.2, 0) is 6.18 Å². The summed E-state index contributed by atoms with van der Waals surface area (Å²) in [6.07, 6.45) is -3.21. The molecule has 0 N–H and O–H groups in total. The molecule has 2 aromatic carbocycles. The molecule has 0 radical (unpaired) electrons. The Labute approximate surface area is 152 Å². The molecule has 0 spiro atoms. The SMILES string of the molecule is O=C(c1coc(-c2ccc(C(F)(F)F)cc2)n1)N1CCOc2ccccc21.